The van der Waals surface area contributed by atoms with Crippen LogP contribution in [0.5, 0.6) is 5.75 Å². The van der Waals surface area contributed by atoms with Crippen molar-refractivity contribution in [3.8, 4) is 5.75 Å². The average molecular weight is 250 g/mol. The highest BCUT2D eigenvalue weighted by atomic mass is 16.5. The Morgan fingerprint density at radius 1 is 1.33 bits per heavy atom. The largest absolute Gasteiger partial charge is 0.492 e. The van der Waals surface area contributed by atoms with E-state index in [1.54, 1.807) is 0 Å². The van der Waals surface area contributed by atoms with Crippen molar-refractivity contribution in [2.24, 2.45) is 5.73 Å². The van der Waals surface area contributed by atoms with E-state index >= 15 is 0 Å². The summed E-state index contributed by atoms with van der Waals surface area (Å²) in [7, 11) is 0. The number of aryl methyl sites for hydroxylation is 1. The van der Waals surface area contributed by atoms with E-state index in [2.05, 4.69) is 31.3 Å². The van der Waals surface area contributed by atoms with E-state index in [-0.39, 0.29) is 6.04 Å². The highest BCUT2D eigenvalue weighted by Gasteiger charge is 2.06. The fraction of sp³-hybridized carbons (Fsp3) is 0.600. The molecule has 0 aromatic heterocycles. The van der Waals surface area contributed by atoms with Gasteiger partial charge < -0.3 is 15.8 Å². The van der Waals surface area contributed by atoms with Crippen molar-refractivity contribution in [3.63, 3.8) is 0 Å². The van der Waals surface area contributed by atoms with E-state index in [1.807, 2.05) is 13.0 Å². The predicted octanol–water partition coefficient (Wildman–Crippen LogP) is 3.32. The van der Waals surface area contributed by atoms with Gasteiger partial charge in [0.05, 0.1) is 12.3 Å². The van der Waals surface area contributed by atoms with Crippen LogP contribution in [-0.2, 0) is 0 Å². The first-order valence-electron chi connectivity index (χ1n) is 6.90. The van der Waals surface area contributed by atoms with Crippen LogP contribution in [0.4, 0.5) is 5.69 Å². The molecule has 1 atom stereocenters. The number of unbranched alkanes of at least 4 members (excludes halogenated alkanes) is 1. The molecule has 1 aromatic rings. The number of benzene rings is 1. The van der Waals surface area contributed by atoms with Gasteiger partial charge in [-0.05, 0) is 38.0 Å². The van der Waals surface area contributed by atoms with Crippen LogP contribution in [0, 0.1) is 6.92 Å². The van der Waals surface area contributed by atoms with E-state index < -0.39 is 0 Å². The molecule has 0 aliphatic heterocycles. The van der Waals surface area contributed by atoms with Gasteiger partial charge in [-0.2, -0.15) is 0 Å². The maximum atomic E-state index is 6.07. The fourth-order valence-electron chi connectivity index (χ4n) is 1.87. The number of rotatable bonds is 8. The number of hydrogen-bond acceptors (Lipinski definition) is 3. The number of nitrogens with two attached hydrogens (primary N) is 1. The highest BCUT2D eigenvalue weighted by molar-refractivity contribution is 5.58. The second-order valence-electron chi connectivity index (χ2n) is 4.72. The summed E-state index contributed by atoms with van der Waals surface area (Å²) in [4.78, 5) is 0. The molecule has 0 amide bonds. The summed E-state index contributed by atoms with van der Waals surface area (Å²) >= 11 is 0. The topological polar surface area (TPSA) is 47.3 Å². The Morgan fingerprint density at radius 2 is 2.11 bits per heavy atom. The second-order valence-corrected chi connectivity index (χ2v) is 4.72. The first-order chi connectivity index (χ1) is 8.67. The van der Waals surface area contributed by atoms with Crippen LogP contribution in [0.1, 0.15) is 38.7 Å². The SMILES string of the molecule is CCCCC(N)CNc1cc(C)ccc1OCC. The van der Waals surface area contributed by atoms with Crippen LogP contribution >= 0.6 is 0 Å². The van der Waals surface area contributed by atoms with Crippen LogP contribution in [-0.4, -0.2) is 19.2 Å². The first-order valence-corrected chi connectivity index (χ1v) is 6.90. The summed E-state index contributed by atoms with van der Waals surface area (Å²) in [6.07, 6.45) is 3.45. The molecular formula is C15H26N2O. The van der Waals surface area contributed by atoms with Crippen molar-refractivity contribution >= 4 is 5.69 Å². The molecule has 3 heteroatoms. The van der Waals surface area contributed by atoms with Crippen LogP contribution in [0.15, 0.2) is 18.2 Å². The van der Waals surface area contributed by atoms with Crippen molar-refractivity contribution < 1.29 is 4.74 Å². The molecule has 0 aliphatic rings. The van der Waals surface area contributed by atoms with Gasteiger partial charge in [0.2, 0.25) is 0 Å². The molecule has 102 valence electrons. The van der Waals surface area contributed by atoms with Gasteiger partial charge in [0.15, 0.2) is 0 Å². The van der Waals surface area contributed by atoms with Crippen LogP contribution < -0.4 is 15.8 Å². The van der Waals surface area contributed by atoms with Crippen molar-refractivity contribution in [2.45, 2.75) is 46.1 Å². The third kappa shape index (κ3) is 4.96. The minimum atomic E-state index is 0.208. The molecule has 0 saturated carbocycles. The Bertz CT molecular complexity index is 352. The van der Waals surface area contributed by atoms with Gasteiger partial charge in [-0.25, -0.2) is 0 Å². The monoisotopic (exact) mass is 250 g/mol. The summed E-state index contributed by atoms with van der Waals surface area (Å²) in [5, 5.41) is 3.40. The predicted molar refractivity (Wildman–Crippen MR) is 78.3 cm³/mol. The summed E-state index contributed by atoms with van der Waals surface area (Å²) < 4.78 is 5.60. The molecule has 3 nitrogen and oxygen atoms in total. The molecule has 1 rings (SSSR count). The van der Waals surface area contributed by atoms with E-state index in [4.69, 9.17) is 10.5 Å². The second kappa shape index (κ2) is 7.98. The van der Waals surface area contributed by atoms with Crippen LogP contribution in [0.25, 0.3) is 0 Å². The lowest BCUT2D eigenvalue weighted by Crippen LogP contribution is -2.29. The standard InChI is InChI=1S/C15H26N2O/c1-4-6-7-13(16)11-17-14-10-12(3)8-9-15(14)18-5-2/h8-10,13,17H,4-7,11,16H2,1-3H3. The lowest BCUT2D eigenvalue weighted by atomic mass is 10.1. The van der Waals surface area contributed by atoms with Gasteiger partial charge in [0, 0.05) is 12.6 Å². The third-order valence-corrected chi connectivity index (χ3v) is 2.92. The number of hydrogen-bond donors (Lipinski definition) is 2. The van der Waals surface area contributed by atoms with Gasteiger partial charge in [0.25, 0.3) is 0 Å². The molecule has 0 heterocycles. The molecule has 0 radical (unpaired) electrons. The summed E-state index contributed by atoms with van der Waals surface area (Å²) in [5.74, 6) is 0.908. The average Bonchev–Trinajstić information content (AvgIpc) is 2.36. The van der Waals surface area contributed by atoms with Gasteiger partial charge in [-0.15, -0.1) is 0 Å². The Morgan fingerprint density at radius 3 is 2.78 bits per heavy atom. The molecule has 1 unspecified atom stereocenters. The molecular weight excluding hydrogens is 224 g/mol. The minimum absolute atomic E-state index is 0.208. The molecule has 18 heavy (non-hydrogen) atoms. The molecule has 0 spiro atoms. The normalized spacial score (nSPS) is 12.2. The van der Waals surface area contributed by atoms with Crippen LogP contribution in [0.2, 0.25) is 0 Å². The van der Waals surface area contributed by atoms with Crippen molar-refractivity contribution in [2.75, 3.05) is 18.5 Å². The van der Waals surface area contributed by atoms with Crippen molar-refractivity contribution in [3.05, 3.63) is 23.8 Å². The zero-order chi connectivity index (χ0) is 13.4. The summed E-state index contributed by atoms with van der Waals surface area (Å²) in [6, 6.07) is 6.39. The Hall–Kier alpha value is -1.22. The lowest BCUT2D eigenvalue weighted by molar-refractivity contribution is 0.341. The van der Waals surface area contributed by atoms with E-state index in [9.17, 15) is 0 Å². The number of nitrogens with one attached hydrogen (secondary N) is 1. The van der Waals surface area contributed by atoms with Gasteiger partial charge in [0.1, 0.15) is 5.75 Å². The fourth-order valence-corrected chi connectivity index (χ4v) is 1.87. The Balaban J connectivity index is 2.56. The molecule has 0 bridgehead atoms. The van der Waals surface area contributed by atoms with E-state index in [0.717, 1.165) is 24.4 Å². The summed E-state index contributed by atoms with van der Waals surface area (Å²) in [6.45, 7) is 7.74. The number of anilines is 1. The summed E-state index contributed by atoms with van der Waals surface area (Å²) in [5.41, 5.74) is 8.34. The molecule has 3 N–H and O–H groups in total. The van der Waals surface area contributed by atoms with Gasteiger partial charge in [-0.1, -0.05) is 25.8 Å². The molecule has 0 fully saturated rings. The quantitative estimate of drug-likeness (QED) is 0.744. The minimum Gasteiger partial charge on any atom is -0.492 e. The maximum absolute atomic E-state index is 6.07. The Labute approximate surface area is 111 Å². The van der Waals surface area contributed by atoms with E-state index in [1.165, 1.54) is 18.4 Å². The third-order valence-electron chi connectivity index (χ3n) is 2.92. The van der Waals surface area contributed by atoms with Gasteiger partial charge >= 0.3 is 0 Å². The number of ether oxygens (including phenoxy) is 1. The van der Waals surface area contributed by atoms with Crippen LogP contribution in [0.3, 0.4) is 0 Å². The van der Waals surface area contributed by atoms with E-state index in [0.29, 0.717) is 6.61 Å². The zero-order valence-electron chi connectivity index (χ0n) is 11.8. The smallest absolute Gasteiger partial charge is 0.142 e. The van der Waals surface area contributed by atoms with Crippen molar-refractivity contribution in [1.29, 1.82) is 0 Å². The maximum Gasteiger partial charge on any atom is 0.142 e. The van der Waals surface area contributed by atoms with Crippen molar-refractivity contribution in [1.82, 2.24) is 0 Å². The van der Waals surface area contributed by atoms with Gasteiger partial charge in [-0.3, -0.25) is 0 Å². The first kappa shape index (κ1) is 14.8. The molecule has 0 aliphatic carbocycles. The molecule has 1 aromatic carbocycles. The highest BCUT2D eigenvalue weighted by Crippen LogP contribution is 2.25. The lowest BCUT2D eigenvalue weighted by Gasteiger charge is -2.16. The zero-order valence-corrected chi connectivity index (χ0v) is 11.8. The molecule has 0 saturated heterocycles. The Kier molecular flexibility index (Phi) is 6.58.